The molecular weight excluding hydrogens is 201 g/mol. The summed E-state index contributed by atoms with van der Waals surface area (Å²) in [4.78, 5) is 10.6. The summed E-state index contributed by atoms with van der Waals surface area (Å²) in [5, 5.41) is 17.6. The van der Waals surface area contributed by atoms with Crippen LogP contribution in [-0.2, 0) is 0 Å². The summed E-state index contributed by atoms with van der Waals surface area (Å²) in [6, 6.07) is 2.16. The van der Waals surface area contributed by atoms with Crippen molar-refractivity contribution in [2.24, 2.45) is 0 Å². The molecule has 0 aliphatic carbocycles. The Bertz CT molecular complexity index is 371. The molecule has 0 radical (unpaired) electrons. The third-order valence-electron chi connectivity index (χ3n) is 1.50. The molecule has 0 amide bonds. The number of hydrogen-bond acceptors (Lipinski definition) is 3. The van der Waals surface area contributed by atoms with Crippen molar-refractivity contribution >= 4 is 5.78 Å². The molecule has 0 fully saturated rings. The Labute approximate surface area is 76.4 Å². The first-order valence-corrected chi connectivity index (χ1v) is 3.46. The van der Waals surface area contributed by atoms with Gasteiger partial charge in [-0.1, -0.05) is 0 Å². The normalized spacial score (nSPS) is 11.4. The number of phenols is 2. The molecule has 14 heavy (non-hydrogen) atoms. The van der Waals surface area contributed by atoms with E-state index in [1.807, 2.05) is 0 Å². The number of halogens is 3. The molecule has 76 valence electrons. The van der Waals surface area contributed by atoms with Crippen molar-refractivity contribution < 1.29 is 28.2 Å². The molecule has 0 aliphatic rings. The van der Waals surface area contributed by atoms with Gasteiger partial charge < -0.3 is 10.2 Å². The molecule has 0 heterocycles. The maximum absolute atomic E-state index is 11.9. The number of aromatic hydroxyl groups is 2. The van der Waals surface area contributed by atoms with Crippen molar-refractivity contribution in [2.45, 2.75) is 6.18 Å². The fourth-order valence-corrected chi connectivity index (χ4v) is 0.828. The molecule has 2 N–H and O–H groups in total. The zero-order chi connectivity index (χ0) is 10.9. The lowest BCUT2D eigenvalue weighted by molar-refractivity contribution is -0.0885. The number of carbonyl (C=O) groups is 1. The molecule has 0 aromatic heterocycles. The van der Waals surface area contributed by atoms with E-state index in [-0.39, 0.29) is 0 Å². The highest BCUT2D eigenvalue weighted by Gasteiger charge is 2.39. The van der Waals surface area contributed by atoms with Gasteiger partial charge in [-0.15, -0.1) is 0 Å². The molecule has 3 nitrogen and oxygen atoms in total. The number of carbonyl (C=O) groups excluding carboxylic acids is 1. The number of Topliss-reactive ketones (excluding diaryl/α,β-unsaturated/α-hetero) is 1. The average molecular weight is 206 g/mol. The molecule has 0 saturated carbocycles. The molecule has 1 aromatic carbocycles. The van der Waals surface area contributed by atoms with Crippen LogP contribution in [0.5, 0.6) is 11.5 Å². The second-order valence-electron chi connectivity index (χ2n) is 2.53. The van der Waals surface area contributed by atoms with Gasteiger partial charge in [-0.25, -0.2) is 0 Å². The largest absolute Gasteiger partial charge is 0.504 e. The topological polar surface area (TPSA) is 57.5 Å². The van der Waals surface area contributed by atoms with Crippen LogP contribution in [0.4, 0.5) is 13.2 Å². The van der Waals surface area contributed by atoms with E-state index in [0.29, 0.717) is 6.07 Å². The Morgan fingerprint density at radius 2 is 1.71 bits per heavy atom. The highest BCUT2D eigenvalue weighted by Crippen LogP contribution is 2.28. The van der Waals surface area contributed by atoms with Gasteiger partial charge in [-0.05, 0) is 18.2 Å². The van der Waals surface area contributed by atoms with Crippen LogP contribution in [-0.4, -0.2) is 22.2 Å². The van der Waals surface area contributed by atoms with Gasteiger partial charge >= 0.3 is 6.18 Å². The first-order valence-electron chi connectivity index (χ1n) is 3.46. The van der Waals surface area contributed by atoms with Gasteiger partial charge in [0.2, 0.25) is 0 Å². The molecule has 0 unspecified atom stereocenters. The van der Waals surface area contributed by atoms with E-state index in [4.69, 9.17) is 10.2 Å². The summed E-state index contributed by atoms with van der Waals surface area (Å²) < 4.78 is 35.6. The quantitative estimate of drug-likeness (QED) is 0.544. The van der Waals surface area contributed by atoms with Crippen LogP contribution in [0.3, 0.4) is 0 Å². The standard InChI is InChI=1S/C8H5F3O3/c9-8(10,11)7(14)4-1-2-5(12)6(13)3-4/h1-3,12-13H. The van der Waals surface area contributed by atoms with Gasteiger partial charge in [0.05, 0.1) is 0 Å². The van der Waals surface area contributed by atoms with Crippen LogP contribution in [0, 0.1) is 0 Å². The van der Waals surface area contributed by atoms with E-state index >= 15 is 0 Å². The summed E-state index contributed by atoms with van der Waals surface area (Å²) in [5.41, 5.74) is -0.715. The van der Waals surface area contributed by atoms with E-state index in [9.17, 15) is 18.0 Å². The molecule has 1 rings (SSSR count). The minimum Gasteiger partial charge on any atom is -0.504 e. The van der Waals surface area contributed by atoms with Crippen molar-refractivity contribution in [3.8, 4) is 11.5 Å². The number of hydrogen-bond donors (Lipinski definition) is 2. The zero-order valence-corrected chi connectivity index (χ0v) is 6.67. The highest BCUT2D eigenvalue weighted by atomic mass is 19.4. The van der Waals surface area contributed by atoms with Gasteiger partial charge in [-0.3, -0.25) is 4.79 Å². The van der Waals surface area contributed by atoms with Gasteiger partial charge in [0, 0.05) is 5.56 Å². The molecular formula is C8H5F3O3. The molecule has 1 aromatic rings. The van der Waals surface area contributed by atoms with Crippen LogP contribution in [0.25, 0.3) is 0 Å². The first-order chi connectivity index (χ1) is 6.32. The van der Waals surface area contributed by atoms with Crippen LogP contribution in [0.2, 0.25) is 0 Å². The van der Waals surface area contributed by atoms with Gasteiger partial charge in [0.1, 0.15) is 0 Å². The lowest BCUT2D eigenvalue weighted by atomic mass is 10.1. The fourth-order valence-electron chi connectivity index (χ4n) is 0.828. The highest BCUT2D eigenvalue weighted by molar-refractivity contribution is 6.00. The fraction of sp³-hybridized carbons (Fsp3) is 0.125. The van der Waals surface area contributed by atoms with Crippen molar-refractivity contribution in [1.29, 1.82) is 0 Å². The Morgan fingerprint density at radius 3 is 2.14 bits per heavy atom. The predicted octanol–water partition coefficient (Wildman–Crippen LogP) is 1.84. The summed E-state index contributed by atoms with van der Waals surface area (Å²) >= 11 is 0. The SMILES string of the molecule is O=C(c1ccc(O)c(O)c1)C(F)(F)F. The van der Waals surface area contributed by atoms with Crippen molar-refractivity contribution in [3.63, 3.8) is 0 Å². The summed E-state index contributed by atoms with van der Waals surface area (Å²) in [6.07, 6.45) is -4.98. The number of ketones is 1. The molecule has 0 bridgehead atoms. The maximum Gasteiger partial charge on any atom is 0.454 e. The van der Waals surface area contributed by atoms with Crippen molar-refractivity contribution in [3.05, 3.63) is 23.8 Å². The molecule has 0 atom stereocenters. The minimum atomic E-state index is -4.98. The second-order valence-corrected chi connectivity index (χ2v) is 2.53. The van der Waals surface area contributed by atoms with Crippen LogP contribution >= 0.6 is 0 Å². The maximum atomic E-state index is 11.9. The summed E-state index contributed by atoms with van der Waals surface area (Å²) in [7, 11) is 0. The van der Waals surface area contributed by atoms with E-state index in [1.54, 1.807) is 0 Å². The van der Waals surface area contributed by atoms with E-state index in [0.717, 1.165) is 12.1 Å². The lowest BCUT2D eigenvalue weighted by Gasteiger charge is -2.05. The monoisotopic (exact) mass is 206 g/mol. The average Bonchev–Trinajstić information content (AvgIpc) is 2.07. The molecule has 0 spiro atoms. The molecule has 6 heteroatoms. The van der Waals surface area contributed by atoms with E-state index in [2.05, 4.69) is 0 Å². The van der Waals surface area contributed by atoms with Gasteiger partial charge in [0.15, 0.2) is 11.5 Å². The number of alkyl halides is 3. The number of benzene rings is 1. The van der Waals surface area contributed by atoms with Gasteiger partial charge in [-0.2, -0.15) is 13.2 Å². The number of phenolic OH excluding ortho intramolecular Hbond substituents is 2. The van der Waals surface area contributed by atoms with Crippen molar-refractivity contribution in [2.75, 3.05) is 0 Å². The summed E-state index contributed by atoms with van der Waals surface area (Å²) in [6.45, 7) is 0. The van der Waals surface area contributed by atoms with E-state index < -0.39 is 29.0 Å². The van der Waals surface area contributed by atoms with Crippen LogP contribution < -0.4 is 0 Å². The van der Waals surface area contributed by atoms with E-state index in [1.165, 1.54) is 0 Å². The first kappa shape index (κ1) is 10.4. The van der Waals surface area contributed by atoms with Crippen LogP contribution in [0.1, 0.15) is 10.4 Å². The van der Waals surface area contributed by atoms with Gasteiger partial charge in [0.25, 0.3) is 5.78 Å². The second kappa shape index (κ2) is 3.21. The number of rotatable bonds is 1. The third-order valence-corrected chi connectivity index (χ3v) is 1.50. The smallest absolute Gasteiger partial charge is 0.454 e. The Kier molecular flexibility index (Phi) is 2.37. The van der Waals surface area contributed by atoms with Crippen molar-refractivity contribution in [1.82, 2.24) is 0 Å². The molecule has 0 saturated heterocycles. The Balaban J connectivity index is 3.10. The zero-order valence-electron chi connectivity index (χ0n) is 6.67. The third kappa shape index (κ3) is 1.95. The minimum absolute atomic E-state index is 0.561. The molecule has 0 aliphatic heterocycles. The Hall–Kier alpha value is -1.72. The Morgan fingerprint density at radius 1 is 1.14 bits per heavy atom. The predicted molar refractivity (Wildman–Crippen MR) is 40.2 cm³/mol. The lowest BCUT2D eigenvalue weighted by Crippen LogP contribution is -2.22. The summed E-state index contributed by atoms with van der Waals surface area (Å²) in [5.74, 6) is -3.41. The van der Waals surface area contributed by atoms with Crippen LogP contribution in [0.15, 0.2) is 18.2 Å².